The van der Waals surface area contributed by atoms with Gasteiger partial charge in [-0.25, -0.2) is 0 Å². The zero-order chi connectivity index (χ0) is 32.0. The SMILES string of the molecule is CCOc1ccc(C2C(C(=O)C=Cc3ccccc3)=C(O)C(=O)N2c2nnc(SCc3cccc4ccccc34)s2)cc1OCC. The lowest BCUT2D eigenvalue weighted by Crippen LogP contribution is -2.31. The van der Waals surface area contributed by atoms with Gasteiger partial charge in [0.2, 0.25) is 5.13 Å². The molecule has 0 radical (unpaired) electrons. The van der Waals surface area contributed by atoms with E-state index in [2.05, 4.69) is 34.5 Å². The van der Waals surface area contributed by atoms with Gasteiger partial charge in [-0.2, -0.15) is 0 Å². The van der Waals surface area contributed by atoms with Crippen molar-refractivity contribution in [2.45, 2.75) is 30.0 Å². The Kier molecular flexibility index (Phi) is 9.46. The highest BCUT2D eigenvalue weighted by Crippen LogP contribution is 2.45. The molecule has 1 N–H and O–H groups in total. The third-order valence-electron chi connectivity index (χ3n) is 7.42. The number of aliphatic hydroxyl groups excluding tert-OH is 1. The highest BCUT2D eigenvalue weighted by Gasteiger charge is 2.45. The van der Waals surface area contributed by atoms with E-state index >= 15 is 0 Å². The van der Waals surface area contributed by atoms with Gasteiger partial charge >= 0.3 is 0 Å². The summed E-state index contributed by atoms with van der Waals surface area (Å²) in [5, 5.41) is 22.5. The number of ether oxygens (including phenoxy) is 2. The highest BCUT2D eigenvalue weighted by molar-refractivity contribution is 8.00. The van der Waals surface area contributed by atoms with Crippen molar-refractivity contribution in [3.63, 3.8) is 0 Å². The predicted octanol–water partition coefficient (Wildman–Crippen LogP) is 7.96. The van der Waals surface area contributed by atoms with Crippen LogP contribution in [0.15, 0.2) is 113 Å². The van der Waals surface area contributed by atoms with Crippen molar-refractivity contribution in [3.05, 3.63) is 125 Å². The largest absolute Gasteiger partial charge is 0.503 e. The summed E-state index contributed by atoms with van der Waals surface area (Å²) in [6.45, 7) is 4.56. The van der Waals surface area contributed by atoms with E-state index in [1.54, 1.807) is 24.3 Å². The standard InChI is InChI=1S/C36H31N3O5S2/c1-3-43-29-20-18-25(21-30(29)44-4-2)32-31(28(40)19-17-23-11-6-5-7-12-23)33(41)34(42)39(32)35-37-38-36(46-35)45-22-26-15-10-14-24-13-8-9-16-27(24)26/h5-21,32,41H,3-4,22H2,1-2H3. The van der Waals surface area contributed by atoms with Gasteiger partial charge in [-0.1, -0.05) is 108 Å². The molecule has 0 fully saturated rings. The summed E-state index contributed by atoms with van der Waals surface area (Å²) < 4.78 is 12.3. The molecule has 1 amide bonds. The summed E-state index contributed by atoms with van der Waals surface area (Å²) >= 11 is 2.74. The first-order chi connectivity index (χ1) is 22.5. The third kappa shape index (κ3) is 6.40. The van der Waals surface area contributed by atoms with E-state index in [4.69, 9.17) is 9.47 Å². The van der Waals surface area contributed by atoms with Crippen LogP contribution in [0.3, 0.4) is 0 Å². The number of carbonyl (C=O) groups excluding carboxylic acids is 2. The number of amides is 1. The molecule has 0 spiro atoms. The topological polar surface area (TPSA) is 102 Å². The average molecular weight is 650 g/mol. The molecule has 232 valence electrons. The van der Waals surface area contributed by atoms with Crippen LogP contribution < -0.4 is 14.4 Å². The van der Waals surface area contributed by atoms with Gasteiger partial charge in [-0.15, -0.1) is 10.2 Å². The number of rotatable bonds is 12. The fourth-order valence-corrected chi connectivity index (χ4v) is 7.22. The fourth-order valence-electron chi connectivity index (χ4n) is 5.35. The fraction of sp³-hybridized carbons (Fsp3) is 0.167. The van der Waals surface area contributed by atoms with Gasteiger partial charge in [0.15, 0.2) is 27.4 Å². The van der Waals surface area contributed by atoms with E-state index in [-0.39, 0.29) is 10.7 Å². The van der Waals surface area contributed by atoms with Crippen LogP contribution in [0.4, 0.5) is 5.13 Å². The second-order valence-corrected chi connectivity index (χ2v) is 12.5. The molecule has 8 nitrogen and oxygen atoms in total. The molecule has 0 bridgehead atoms. The number of allylic oxidation sites excluding steroid dienone is 1. The molecule has 0 saturated heterocycles. The summed E-state index contributed by atoms with van der Waals surface area (Å²) in [6.07, 6.45) is 3.03. The normalized spacial score (nSPS) is 14.9. The molecule has 1 unspecified atom stereocenters. The number of hydrogen-bond donors (Lipinski definition) is 1. The predicted molar refractivity (Wildman–Crippen MR) is 183 cm³/mol. The molecule has 1 aliphatic rings. The van der Waals surface area contributed by atoms with Crippen LogP contribution in [-0.2, 0) is 15.3 Å². The second kappa shape index (κ2) is 14.0. The monoisotopic (exact) mass is 649 g/mol. The van der Waals surface area contributed by atoms with Crippen molar-refractivity contribution in [2.75, 3.05) is 18.1 Å². The van der Waals surface area contributed by atoms with Crippen LogP contribution in [-0.4, -0.2) is 40.2 Å². The summed E-state index contributed by atoms with van der Waals surface area (Å²) in [5.74, 6) is -0.187. The number of aliphatic hydroxyl groups is 1. The summed E-state index contributed by atoms with van der Waals surface area (Å²) in [4.78, 5) is 28.8. The number of aromatic nitrogens is 2. The molecule has 1 aromatic heterocycles. The first-order valence-corrected chi connectivity index (χ1v) is 16.6. The van der Waals surface area contributed by atoms with Crippen molar-refractivity contribution < 1.29 is 24.2 Å². The Morgan fingerprint density at radius 3 is 2.48 bits per heavy atom. The maximum atomic E-state index is 13.7. The van der Waals surface area contributed by atoms with Crippen LogP contribution in [0, 0.1) is 0 Å². The molecule has 4 aromatic carbocycles. The summed E-state index contributed by atoms with van der Waals surface area (Å²) in [7, 11) is 0. The Labute approximate surface area is 275 Å². The van der Waals surface area contributed by atoms with Crippen LogP contribution >= 0.6 is 23.1 Å². The van der Waals surface area contributed by atoms with Crippen molar-refractivity contribution >= 4 is 56.8 Å². The average Bonchev–Trinajstić information content (AvgIpc) is 3.65. The van der Waals surface area contributed by atoms with Crippen molar-refractivity contribution in [1.82, 2.24) is 10.2 Å². The molecule has 1 aliphatic heterocycles. The lowest BCUT2D eigenvalue weighted by Gasteiger charge is -2.24. The van der Waals surface area contributed by atoms with Gasteiger partial charge in [0.1, 0.15) is 0 Å². The molecule has 10 heteroatoms. The van der Waals surface area contributed by atoms with Crippen LogP contribution in [0.1, 0.15) is 36.6 Å². The Hall–Kier alpha value is -4.93. The molecule has 1 atom stereocenters. The van der Waals surface area contributed by atoms with Crippen molar-refractivity contribution in [2.24, 2.45) is 0 Å². The first-order valence-electron chi connectivity index (χ1n) is 14.8. The number of ketones is 1. The summed E-state index contributed by atoms with van der Waals surface area (Å²) in [6, 6.07) is 28.0. The minimum atomic E-state index is -0.973. The van der Waals surface area contributed by atoms with Gasteiger partial charge < -0.3 is 14.6 Å². The van der Waals surface area contributed by atoms with E-state index in [9.17, 15) is 14.7 Å². The number of carbonyl (C=O) groups is 2. The Morgan fingerprint density at radius 1 is 0.935 bits per heavy atom. The van der Waals surface area contributed by atoms with Crippen molar-refractivity contribution in [1.29, 1.82) is 0 Å². The Morgan fingerprint density at radius 2 is 1.67 bits per heavy atom. The van der Waals surface area contributed by atoms with Gasteiger partial charge in [0.25, 0.3) is 5.91 Å². The first kappa shape index (κ1) is 31.1. The number of nitrogens with zero attached hydrogens (tertiary/aromatic N) is 3. The lowest BCUT2D eigenvalue weighted by atomic mass is 9.95. The molecule has 46 heavy (non-hydrogen) atoms. The summed E-state index contributed by atoms with van der Waals surface area (Å²) in [5.41, 5.74) is 2.47. The number of benzene rings is 4. The van der Waals surface area contributed by atoms with Gasteiger partial charge in [0.05, 0.1) is 24.8 Å². The lowest BCUT2D eigenvalue weighted by molar-refractivity contribution is -0.117. The molecule has 0 saturated carbocycles. The highest BCUT2D eigenvalue weighted by atomic mass is 32.2. The smallest absolute Gasteiger partial charge is 0.296 e. The third-order valence-corrected chi connectivity index (χ3v) is 9.52. The van der Waals surface area contributed by atoms with Crippen LogP contribution in [0.25, 0.3) is 16.8 Å². The van der Waals surface area contributed by atoms with Gasteiger partial charge in [-0.05, 0) is 59.5 Å². The van der Waals surface area contributed by atoms with E-state index in [0.717, 1.165) is 16.5 Å². The molecular formula is C36H31N3O5S2. The molecule has 0 aliphatic carbocycles. The maximum absolute atomic E-state index is 13.7. The van der Waals surface area contributed by atoms with Crippen LogP contribution in [0.2, 0.25) is 0 Å². The second-order valence-electron chi connectivity index (χ2n) is 10.3. The minimum absolute atomic E-state index is 0.0519. The quantitative estimate of drug-likeness (QED) is 0.0825. The Bertz CT molecular complexity index is 1950. The number of fused-ring (bicyclic) bond motifs is 1. The molecule has 5 aromatic rings. The van der Waals surface area contributed by atoms with E-state index < -0.39 is 23.5 Å². The number of hydrogen-bond acceptors (Lipinski definition) is 9. The van der Waals surface area contributed by atoms with E-state index in [1.165, 1.54) is 39.5 Å². The van der Waals surface area contributed by atoms with E-state index in [1.807, 2.05) is 62.4 Å². The zero-order valence-corrected chi connectivity index (χ0v) is 26.9. The molecular weight excluding hydrogens is 619 g/mol. The Balaban J connectivity index is 1.35. The van der Waals surface area contributed by atoms with Gasteiger partial charge in [-0.3, -0.25) is 14.5 Å². The number of thioether (sulfide) groups is 1. The minimum Gasteiger partial charge on any atom is -0.503 e. The van der Waals surface area contributed by atoms with Crippen molar-refractivity contribution in [3.8, 4) is 11.5 Å². The number of anilines is 1. The zero-order valence-electron chi connectivity index (χ0n) is 25.3. The van der Waals surface area contributed by atoms with E-state index in [0.29, 0.717) is 40.4 Å². The van der Waals surface area contributed by atoms with Crippen LogP contribution in [0.5, 0.6) is 11.5 Å². The maximum Gasteiger partial charge on any atom is 0.296 e. The molecule has 2 heterocycles. The van der Waals surface area contributed by atoms with Gasteiger partial charge in [0, 0.05) is 5.75 Å². The molecule has 6 rings (SSSR count).